The number of hydrogen-bond donors (Lipinski definition) is 2. The van der Waals surface area contributed by atoms with Crippen molar-refractivity contribution in [1.82, 2.24) is 15.5 Å². The molecule has 1 aliphatic rings. The molecule has 0 radical (unpaired) electrons. The van der Waals surface area contributed by atoms with Gasteiger partial charge in [0, 0.05) is 18.4 Å². The summed E-state index contributed by atoms with van der Waals surface area (Å²) in [5.41, 5.74) is 0.791. The van der Waals surface area contributed by atoms with E-state index in [-0.39, 0.29) is 5.91 Å². The first-order valence-corrected chi connectivity index (χ1v) is 7.18. The number of anilines is 1. The van der Waals surface area contributed by atoms with E-state index >= 15 is 0 Å². The Morgan fingerprint density at radius 2 is 2.05 bits per heavy atom. The van der Waals surface area contributed by atoms with E-state index in [2.05, 4.69) is 20.8 Å². The zero-order valence-electron chi connectivity index (χ0n) is 12.3. The number of nitrogens with one attached hydrogen (secondary N) is 2. The summed E-state index contributed by atoms with van der Waals surface area (Å²) >= 11 is 0. The molecular formula is C15H18N4O3. The molecule has 22 heavy (non-hydrogen) atoms. The zero-order valence-corrected chi connectivity index (χ0v) is 12.3. The van der Waals surface area contributed by atoms with Crippen molar-refractivity contribution in [2.24, 2.45) is 0 Å². The van der Waals surface area contributed by atoms with Crippen LogP contribution in [0, 0.1) is 0 Å². The van der Waals surface area contributed by atoms with Gasteiger partial charge in [-0.2, -0.15) is 4.98 Å². The molecule has 1 aromatic carbocycles. The molecule has 1 fully saturated rings. The van der Waals surface area contributed by atoms with Crippen molar-refractivity contribution in [2.45, 2.75) is 18.4 Å². The molecule has 1 aromatic heterocycles. The van der Waals surface area contributed by atoms with E-state index in [0.717, 1.165) is 18.7 Å². The Morgan fingerprint density at radius 3 is 2.64 bits per heavy atom. The van der Waals surface area contributed by atoms with E-state index in [1.807, 2.05) is 24.3 Å². The third-order valence-corrected chi connectivity index (χ3v) is 3.98. The van der Waals surface area contributed by atoms with Crippen molar-refractivity contribution in [3.63, 3.8) is 0 Å². The van der Waals surface area contributed by atoms with Crippen molar-refractivity contribution in [3.8, 4) is 11.4 Å². The van der Waals surface area contributed by atoms with Gasteiger partial charge in [0.2, 0.25) is 12.2 Å². The summed E-state index contributed by atoms with van der Waals surface area (Å²) in [6, 6.07) is 7.30. The van der Waals surface area contributed by atoms with Crippen molar-refractivity contribution >= 4 is 11.6 Å². The lowest BCUT2D eigenvalue weighted by atomic mass is 9.91. The number of ether oxygens (including phenoxy) is 1. The second-order valence-corrected chi connectivity index (χ2v) is 5.23. The lowest BCUT2D eigenvalue weighted by Gasteiger charge is -2.34. The second-order valence-electron chi connectivity index (χ2n) is 5.23. The van der Waals surface area contributed by atoms with Crippen LogP contribution in [0.15, 0.2) is 35.2 Å². The molecule has 0 bridgehead atoms. The number of methoxy groups -OCH3 is 1. The molecule has 1 saturated heterocycles. The minimum atomic E-state index is -0.752. The number of hydrogen-bond acceptors (Lipinski definition) is 6. The van der Waals surface area contributed by atoms with Gasteiger partial charge in [-0.25, -0.2) is 0 Å². The highest BCUT2D eigenvalue weighted by Crippen LogP contribution is 2.25. The highest BCUT2D eigenvalue weighted by molar-refractivity contribution is 5.97. The van der Waals surface area contributed by atoms with Crippen LogP contribution < -0.4 is 10.6 Å². The molecule has 7 nitrogen and oxygen atoms in total. The Morgan fingerprint density at radius 1 is 1.32 bits per heavy atom. The first kappa shape index (κ1) is 14.7. The van der Waals surface area contributed by atoms with Gasteiger partial charge in [-0.05, 0) is 50.2 Å². The van der Waals surface area contributed by atoms with Gasteiger partial charge in [-0.15, -0.1) is 0 Å². The van der Waals surface area contributed by atoms with Crippen LogP contribution in [-0.2, 0) is 9.53 Å². The van der Waals surface area contributed by atoms with Crippen molar-refractivity contribution in [1.29, 1.82) is 0 Å². The van der Waals surface area contributed by atoms with Crippen molar-refractivity contribution in [3.05, 3.63) is 30.7 Å². The molecule has 2 aromatic rings. The van der Waals surface area contributed by atoms with E-state index in [1.54, 1.807) is 7.11 Å². The van der Waals surface area contributed by atoms with Gasteiger partial charge >= 0.3 is 0 Å². The summed E-state index contributed by atoms with van der Waals surface area (Å²) in [4.78, 5) is 16.5. The molecule has 3 rings (SSSR count). The van der Waals surface area contributed by atoms with Gasteiger partial charge in [-0.1, -0.05) is 5.16 Å². The average molecular weight is 302 g/mol. The van der Waals surface area contributed by atoms with Crippen LogP contribution in [0.1, 0.15) is 12.8 Å². The number of nitrogens with zero attached hydrogens (tertiary/aromatic N) is 2. The first-order valence-electron chi connectivity index (χ1n) is 7.18. The number of carbonyl (C=O) groups excluding carboxylic acids is 1. The Labute approximate surface area is 128 Å². The molecule has 7 heteroatoms. The van der Waals surface area contributed by atoms with Crippen LogP contribution in [0.2, 0.25) is 0 Å². The topological polar surface area (TPSA) is 89.3 Å². The molecule has 2 N–H and O–H groups in total. The van der Waals surface area contributed by atoms with Crippen LogP contribution in [0.25, 0.3) is 11.4 Å². The summed E-state index contributed by atoms with van der Waals surface area (Å²) in [7, 11) is 1.59. The van der Waals surface area contributed by atoms with E-state index in [4.69, 9.17) is 9.26 Å². The van der Waals surface area contributed by atoms with Crippen LogP contribution in [0.4, 0.5) is 5.69 Å². The fraction of sp³-hybridized carbons (Fsp3) is 0.400. The van der Waals surface area contributed by atoms with Gasteiger partial charge in [0.05, 0.1) is 0 Å². The van der Waals surface area contributed by atoms with Gasteiger partial charge in [-0.3, -0.25) is 4.79 Å². The third-order valence-electron chi connectivity index (χ3n) is 3.98. The van der Waals surface area contributed by atoms with Gasteiger partial charge < -0.3 is 19.9 Å². The fourth-order valence-corrected chi connectivity index (χ4v) is 2.60. The molecular weight excluding hydrogens is 284 g/mol. The summed E-state index contributed by atoms with van der Waals surface area (Å²) in [5, 5.41) is 9.93. The molecule has 1 amide bonds. The lowest BCUT2D eigenvalue weighted by Crippen LogP contribution is -2.51. The third kappa shape index (κ3) is 2.86. The maximum atomic E-state index is 12.5. The zero-order chi connectivity index (χ0) is 15.4. The minimum Gasteiger partial charge on any atom is -0.368 e. The molecule has 1 aliphatic heterocycles. The molecule has 0 spiro atoms. The second kappa shape index (κ2) is 6.25. The number of carbonyl (C=O) groups is 1. The molecule has 116 valence electrons. The van der Waals surface area contributed by atoms with Gasteiger partial charge in [0.1, 0.15) is 5.60 Å². The van der Waals surface area contributed by atoms with Crippen LogP contribution in [-0.4, -0.2) is 41.8 Å². The molecule has 0 unspecified atom stereocenters. The molecule has 0 saturated carbocycles. The normalized spacial score (nSPS) is 17.1. The smallest absolute Gasteiger partial charge is 0.256 e. The summed E-state index contributed by atoms with van der Waals surface area (Å²) in [5.74, 6) is 0.411. The maximum Gasteiger partial charge on any atom is 0.256 e. The SMILES string of the molecule is COC1(C(=O)Nc2ccc(-c3ncon3)cc2)CCNCC1. The van der Waals surface area contributed by atoms with Crippen LogP contribution in [0.5, 0.6) is 0 Å². The number of benzene rings is 1. The summed E-state index contributed by atoms with van der Waals surface area (Å²) in [6.45, 7) is 1.55. The summed E-state index contributed by atoms with van der Waals surface area (Å²) in [6.07, 6.45) is 2.61. The van der Waals surface area contributed by atoms with E-state index < -0.39 is 5.60 Å². The molecule has 2 heterocycles. The first-order chi connectivity index (χ1) is 10.7. The van der Waals surface area contributed by atoms with E-state index in [1.165, 1.54) is 6.39 Å². The van der Waals surface area contributed by atoms with Crippen molar-refractivity contribution in [2.75, 3.05) is 25.5 Å². The van der Waals surface area contributed by atoms with Gasteiger partial charge in [0.25, 0.3) is 5.91 Å². The monoisotopic (exact) mass is 302 g/mol. The standard InChI is InChI=1S/C15H18N4O3/c1-21-15(6-8-16-9-7-15)14(20)18-12-4-2-11(3-5-12)13-17-10-22-19-13/h2-5,10,16H,6-9H2,1H3,(H,18,20). The maximum absolute atomic E-state index is 12.5. The largest absolute Gasteiger partial charge is 0.368 e. The van der Waals surface area contributed by atoms with Crippen LogP contribution >= 0.6 is 0 Å². The Hall–Kier alpha value is -2.25. The molecule has 0 aliphatic carbocycles. The lowest BCUT2D eigenvalue weighted by molar-refractivity contribution is -0.140. The Kier molecular flexibility index (Phi) is 4.17. The Bertz CT molecular complexity index is 619. The van der Waals surface area contributed by atoms with Crippen molar-refractivity contribution < 1.29 is 14.1 Å². The number of piperidine rings is 1. The Balaban J connectivity index is 1.71. The average Bonchev–Trinajstić information content (AvgIpc) is 3.10. The van der Waals surface area contributed by atoms with E-state index in [0.29, 0.717) is 24.4 Å². The molecule has 0 atom stereocenters. The van der Waals surface area contributed by atoms with E-state index in [9.17, 15) is 4.79 Å². The summed E-state index contributed by atoms with van der Waals surface area (Å²) < 4.78 is 10.2. The number of aromatic nitrogens is 2. The van der Waals surface area contributed by atoms with Crippen LogP contribution in [0.3, 0.4) is 0 Å². The predicted molar refractivity (Wildman–Crippen MR) is 80.2 cm³/mol. The highest BCUT2D eigenvalue weighted by Gasteiger charge is 2.39. The highest BCUT2D eigenvalue weighted by atomic mass is 16.5. The minimum absolute atomic E-state index is 0.108. The quantitative estimate of drug-likeness (QED) is 0.888. The number of rotatable bonds is 4. The number of amides is 1. The fourth-order valence-electron chi connectivity index (χ4n) is 2.60. The van der Waals surface area contributed by atoms with Gasteiger partial charge in [0.15, 0.2) is 0 Å². The predicted octanol–water partition coefficient (Wildman–Crippen LogP) is 1.44.